The number of nitrogens with zero attached hydrogens (tertiary/aromatic N) is 4. The van der Waals surface area contributed by atoms with Crippen molar-refractivity contribution >= 4 is 23.1 Å². The Hall–Kier alpha value is -4.54. The van der Waals surface area contributed by atoms with Crippen LogP contribution in [0.2, 0.25) is 0 Å². The summed E-state index contributed by atoms with van der Waals surface area (Å²) in [5.41, 5.74) is 1.27. The van der Waals surface area contributed by atoms with Gasteiger partial charge >= 0.3 is 17.6 Å². The normalized spacial score (nSPS) is 15.8. The molecule has 2 aliphatic carbocycles. The number of esters is 2. The number of fused-ring (bicyclic) bond motifs is 1. The van der Waals surface area contributed by atoms with Crippen LogP contribution in [0.15, 0.2) is 58.3 Å². The Morgan fingerprint density at radius 3 is 2.37 bits per heavy atom. The summed E-state index contributed by atoms with van der Waals surface area (Å²) in [7, 11) is 1.23. The number of hydrogen-bond acceptors (Lipinski definition) is 8. The number of imidazole rings is 1. The van der Waals surface area contributed by atoms with Gasteiger partial charge < -0.3 is 14.5 Å². The van der Waals surface area contributed by atoms with Crippen LogP contribution in [0, 0.1) is 0 Å². The van der Waals surface area contributed by atoms with Gasteiger partial charge in [0, 0.05) is 30.3 Å². The highest BCUT2D eigenvalue weighted by atomic mass is 16.6. The summed E-state index contributed by atoms with van der Waals surface area (Å²) in [5.74, 6) is -1.08. The van der Waals surface area contributed by atoms with Gasteiger partial charge in [-0.1, -0.05) is 30.3 Å². The number of H-pyrrole nitrogens is 1. The molecule has 0 aliphatic heterocycles. The van der Waals surface area contributed by atoms with E-state index in [1.54, 1.807) is 10.6 Å². The molecule has 1 unspecified atom stereocenters. The summed E-state index contributed by atoms with van der Waals surface area (Å²) in [5, 5.41) is 0. The van der Waals surface area contributed by atoms with Crippen molar-refractivity contribution in [3.05, 3.63) is 80.8 Å². The second kappa shape index (κ2) is 9.40. The highest BCUT2D eigenvalue weighted by molar-refractivity contribution is 5.90. The molecule has 3 aromatic heterocycles. The predicted molar refractivity (Wildman–Crippen MR) is 136 cm³/mol. The van der Waals surface area contributed by atoms with Crippen LogP contribution < -0.4 is 11.2 Å². The molecule has 0 radical (unpaired) electrons. The van der Waals surface area contributed by atoms with Crippen LogP contribution in [0.1, 0.15) is 53.8 Å². The Balaban J connectivity index is 1.27. The summed E-state index contributed by atoms with van der Waals surface area (Å²) < 4.78 is 13.2. The van der Waals surface area contributed by atoms with Gasteiger partial charge in [0.05, 0.1) is 7.11 Å². The Morgan fingerprint density at radius 2 is 1.74 bits per heavy atom. The van der Waals surface area contributed by atoms with Gasteiger partial charge in [0.2, 0.25) is 6.10 Å². The average molecular weight is 516 g/mol. The third-order valence-corrected chi connectivity index (χ3v) is 6.81. The molecule has 0 bridgehead atoms. The molecular formula is C27H25N5O6. The van der Waals surface area contributed by atoms with E-state index in [0.717, 1.165) is 31.2 Å². The molecule has 1 N–H and O–H groups in total. The molecule has 0 saturated heterocycles. The van der Waals surface area contributed by atoms with Gasteiger partial charge in [-0.2, -0.15) is 0 Å². The van der Waals surface area contributed by atoms with Gasteiger partial charge in [0.25, 0.3) is 5.56 Å². The van der Waals surface area contributed by atoms with Crippen molar-refractivity contribution in [2.45, 2.75) is 50.3 Å². The molecule has 11 nitrogen and oxygen atoms in total. The number of carbonyl (C=O) groups is 2. The number of methoxy groups -OCH3 is 1. The fraction of sp³-hybridized carbons (Fsp3) is 0.333. The van der Waals surface area contributed by atoms with Crippen LogP contribution in [-0.2, 0) is 20.7 Å². The minimum atomic E-state index is -1.13. The lowest BCUT2D eigenvalue weighted by Gasteiger charge is -2.15. The highest BCUT2D eigenvalue weighted by Gasteiger charge is 2.34. The lowest BCUT2D eigenvalue weighted by molar-refractivity contribution is -0.150. The summed E-state index contributed by atoms with van der Waals surface area (Å²) in [6, 6.07) is 12.2. The molecule has 2 saturated carbocycles. The molecule has 1 aromatic carbocycles. The first kappa shape index (κ1) is 23.8. The number of aromatic amines is 1. The lowest BCUT2D eigenvalue weighted by atomic mass is 10.1. The zero-order chi connectivity index (χ0) is 26.4. The van der Waals surface area contributed by atoms with Crippen molar-refractivity contribution in [2.75, 3.05) is 7.11 Å². The van der Waals surface area contributed by atoms with Crippen molar-refractivity contribution in [3.63, 3.8) is 0 Å². The van der Waals surface area contributed by atoms with Crippen molar-refractivity contribution in [2.24, 2.45) is 0 Å². The second-order valence-electron chi connectivity index (χ2n) is 9.61. The minimum Gasteiger partial charge on any atom is -0.466 e. The number of rotatable bonds is 8. The minimum absolute atomic E-state index is 0.00203. The van der Waals surface area contributed by atoms with E-state index in [9.17, 15) is 19.2 Å². The third-order valence-electron chi connectivity index (χ3n) is 6.81. The summed E-state index contributed by atoms with van der Waals surface area (Å²) in [6.07, 6.45) is 3.84. The molecule has 2 aliphatic rings. The monoisotopic (exact) mass is 515 g/mol. The van der Waals surface area contributed by atoms with E-state index in [4.69, 9.17) is 9.47 Å². The van der Waals surface area contributed by atoms with Crippen LogP contribution in [0.4, 0.5) is 0 Å². The first-order valence-electron chi connectivity index (χ1n) is 12.5. The molecule has 6 rings (SSSR count). The largest absolute Gasteiger partial charge is 0.466 e. The molecule has 11 heteroatoms. The van der Waals surface area contributed by atoms with E-state index in [0.29, 0.717) is 17.0 Å². The maximum absolute atomic E-state index is 13.1. The molecule has 4 aromatic rings. The number of carbonyl (C=O) groups excluding carboxylic acids is 2. The number of aromatic nitrogens is 5. The number of pyridine rings is 1. The van der Waals surface area contributed by atoms with Crippen LogP contribution in [0.5, 0.6) is 0 Å². The summed E-state index contributed by atoms with van der Waals surface area (Å²) in [4.78, 5) is 63.0. The average Bonchev–Trinajstić information content (AvgIpc) is 3.87. The molecule has 38 heavy (non-hydrogen) atoms. The fourth-order valence-electron chi connectivity index (χ4n) is 4.53. The first-order valence-corrected chi connectivity index (χ1v) is 12.5. The van der Waals surface area contributed by atoms with Crippen molar-refractivity contribution in [3.8, 4) is 11.4 Å². The molecule has 194 valence electrons. The van der Waals surface area contributed by atoms with Crippen molar-refractivity contribution in [1.82, 2.24) is 24.1 Å². The van der Waals surface area contributed by atoms with Crippen LogP contribution in [0.3, 0.4) is 0 Å². The standard InChI is InChI=1S/C27H25N5O6/c1-37-26(35)20(13-15-5-3-2-4-6-15)38-25(34)19-12-7-16(14-28-19)22-29-21-23(30-22)31(17-8-9-17)27(36)32(24(21)33)18-10-11-18/h2-7,12,14,17-18,20H,8-11,13H2,1H3,(H,29,30). The molecule has 0 amide bonds. The quantitative estimate of drug-likeness (QED) is 0.353. The summed E-state index contributed by atoms with van der Waals surface area (Å²) >= 11 is 0. The van der Waals surface area contributed by atoms with E-state index in [1.807, 2.05) is 30.3 Å². The second-order valence-corrected chi connectivity index (χ2v) is 9.61. The zero-order valence-corrected chi connectivity index (χ0v) is 20.6. The third kappa shape index (κ3) is 4.40. The van der Waals surface area contributed by atoms with Crippen molar-refractivity contribution < 1.29 is 19.1 Å². The molecule has 3 heterocycles. The number of nitrogens with one attached hydrogen (secondary N) is 1. The Labute approximate surface area is 216 Å². The number of hydrogen-bond donors (Lipinski definition) is 1. The first-order chi connectivity index (χ1) is 18.4. The van der Waals surface area contributed by atoms with Gasteiger partial charge in [-0.15, -0.1) is 0 Å². The van der Waals surface area contributed by atoms with E-state index >= 15 is 0 Å². The van der Waals surface area contributed by atoms with E-state index in [-0.39, 0.29) is 41.0 Å². The SMILES string of the molecule is COC(=O)C(Cc1ccccc1)OC(=O)c1ccc(-c2nc3c([nH]2)c(=O)n(C2CC2)c(=O)n3C2CC2)cn1. The molecule has 1 atom stereocenters. The summed E-state index contributed by atoms with van der Waals surface area (Å²) in [6.45, 7) is 0. The van der Waals surface area contributed by atoms with Gasteiger partial charge in [0.15, 0.2) is 5.65 Å². The maximum Gasteiger partial charge on any atom is 0.357 e. The topological polar surface area (TPSA) is 138 Å². The molecule has 2 fully saturated rings. The number of benzene rings is 1. The van der Waals surface area contributed by atoms with Gasteiger partial charge in [-0.3, -0.25) is 13.9 Å². The predicted octanol–water partition coefficient (Wildman–Crippen LogP) is 2.56. The van der Waals surface area contributed by atoms with Crippen LogP contribution in [-0.4, -0.2) is 49.2 Å². The highest BCUT2D eigenvalue weighted by Crippen LogP contribution is 2.37. The van der Waals surface area contributed by atoms with Gasteiger partial charge in [0.1, 0.15) is 17.0 Å². The number of ether oxygens (including phenoxy) is 2. The van der Waals surface area contributed by atoms with Gasteiger partial charge in [-0.25, -0.2) is 24.4 Å². The van der Waals surface area contributed by atoms with Gasteiger partial charge in [-0.05, 0) is 43.4 Å². The maximum atomic E-state index is 13.1. The Bertz CT molecular complexity index is 1650. The molecular weight excluding hydrogens is 490 g/mol. The Kier molecular flexibility index (Phi) is 5.90. The lowest BCUT2D eigenvalue weighted by Crippen LogP contribution is -2.39. The smallest absolute Gasteiger partial charge is 0.357 e. The van der Waals surface area contributed by atoms with Crippen molar-refractivity contribution in [1.29, 1.82) is 0 Å². The molecule has 0 spiro atoms. The van der Waals surface area contributed by atoms with Crippen LogP contribution >= 0.6 is 0 Å². The zero-order valence-electron chi connectivity index (χ0n) is 20.6. The van der Waals surface area contributed by atoms with E-state index < -0.39 is 18.0 Å². The van der Waals surface area contributed by atoms with E-state index in [2.05, 4.69) is 15.0 Å². The fourth-order valence-corrected chi connectivity index (χ4v) is 4.53. The van der Waals surface area contributed by atoms with E-state index in [1.165, 1.54) is 23.9 Å². The Morgan fingerprint density at radius 1 is 1.03 bits per heavy atom. The van der Waals surface area contributed by atoms with Crippen LogP contribution in [0.25, 0.3) is 22.6 Å².